The van der Waals surface area contributed by atoms with Gasteiger partial charge in [-0.2, -0.15) is 0 Å². The molecule has 0 saturated heterocycles. The maximum absolute atomic E-state index is 10.6. The van der Waals surface area contributed by atoms with Crippen LogP contribution in [0.25, 0.3) is 0 Å². The van der Waals surface area contributed by atoms with Crippen LogP contribution < -0.4 is 9.47 Å². The molecular formula is C16H16BrClO3. The molecule has 3 nitrogen and oxygen atoms in total. The number of halogens is 2. The summed E-state index contributed by atoms with van der Waals surface area (Å²) in [5, 5.41) is 11.2. The van der Waals surface area contributed by atoms with E-state index in [4.69, 9.17) is 21.1 Å². The Kier molecular flexibility index (Phi) is 5.14. The summed E-state index contributed by atoms with van der Waals surface area (Å²) in [6, 6.07) is 9.09. The van der Waals surface area contributed by atoms with E-state index >= 15 is 0 Å². The van der Waals surface area contributed by atoms with E-state index in [0.717, 1.165) is 5.56 Å². The van der Waals surface area contributed by atoms with Crippen molar-refractivity contribution in [3.05, 3.63) is 56.5 Å². The fraction of sp³-hybridized carbons (Fsp3) is 0.250. The van der Waals surface area contributed by atoms with Gasteiger partial charge in [0.2, 0.25) is 0 Å². The molecule has 2 rings (SSSR count). The molecule has 0 spiro atoms. The third kappa shape index (κ3) is 3.18. The molecule has 0 heterocycles. The Bertz CT molecular complexity index is 658. The number of hydrogen-bond donors (Lipinski definition) is 1. The molecule has 1 N–H and O–H groups in total. The third-order valence-corrected chi connectivity index (χ3v) is 4.34. The Morgan fingerprint density at radius 3 is 2.33 bits per heavy atom. The molecule has 2 aromatic rings. The minimum atomic E-state index is -0.879. The quantitative estimate of drug-likeness (QED) is 0.859. The molecule has 0 radical (unpaired) electrons. The topological polar surface area (TPSA) is 38.7 Å². The van der Waals surface area contributed by atoms with Crippen LogP contribution in [0.5, 0.6) is 11.5 Å². The van der Waals surface area contributed by atoms with E-state index in [1.54, 1.807) is 26.4 Å². The summed E-state index contributed by atoms with van der Waals surface area (Å²) in [7, 11) is 3.12. The van der Waals surface area contributed by atoms with Crippen molar-refractivity contribution in [3.8, 4) is 11.5 Å². The summed E-state index contributed by atoms with van der Waals surface area (Å²) in [6.07, 6.45) is -0.879. The van der Waals surface area contributed by atoms with E-state index in [1.165, 1.54) is 0 Å². The highest BCUT2D eigenvalue weighted by atomic mass is 79.9. The Morgan fingerprint density at radius 1 is 1.10 bits per heavy atom. The third-order valence-electron chi connectivity index (χ3n) is 3.26. The second-order valence-corrected chi connectivity index (χ2v) is 5.83. The summed E-state index contributed by atoms with van der Waals surface area (Å²) in [6.45, 7) is 1.95. The van der Waals surface area contributed by atoms with Gasteiger partial charge in [0, 0.05) is 16.1 Å². The van der Waals surface area contributed by atoms with Gasteiger partial charge in [0.25, 0.3) is 0 Å². The molecule has 0 aliphatic heterocycles. The van der Waals surface area contributed by atoms with Gasteiger partial charge in [-0.1, -0.05) is 23.7 Å². The maximum atomic E-state index is 10.6. The van der Waals surface area contributed by atoms with Crippen LogP contribution in [0.3, 0.4) is 0 Å². The first-order chi connectivity index (χ1) is 9.99. The zero-order valence-electron chi connectivity index (χ0n) is 12.0. The maximum Gasteiger partial charge on any atom is 0.142 e. The number of hydrogen-bond acceptors (Lipinski definition) is 3. The number of methoxy groups -OCH3 is 2. The molecule has 5 heteroatoms. The predicted molar refractivity (Wildman–Crippen MR) is 87.5 cm³/mol. The van der Waals surface area contributed by atoms with Crippen LogP contribution in [0.4, 0.5) is 0 Å². The van der Waals surface area contributed by atoms with Crippen molar-refractivity contribution in [1.82, 2.24) is 0 Å². The number of rotatable bonds is 4. The molecule has 0 bridgehead atoms. The van der Waals surface area contributed by atoms with E-state index in [-0.39, 0.29) is 0 Å². The van der Waals surface area contributed by atoms with E-state index in [0.29, 0.717) is 32.1 Å². The fourth-order valence-electron chi connectivity index (χ4n) is 2.15. The molecule has 0 aliphatic carbocycles. The van der Waals surface area contributed by atoms with Crippen LogP contribution in [0.1, 0.15) is 22.8 Å². The zero-order valence-corrected chi connectivity index (χ0v) is 14.3. The van der Waals surface area contributed by atoms with Gasteiger partial charge < -0.3 is 14.6 Å². The zero-order chi connectivity index (χ0) is 15.6. The first-order valence-electron chi connectivity index (χ1n) is 6.34. The fourth-order valence-corrected chi connectivity index (χ4v) is 3.18. The predicted octanol–water partition coefficient (Wildman–Crippen LogP) is 4.51. The minimum Gasteiger partial charge on any atom is -0.495 e. The van der Waals surface area contributed by atoms with Crippen LogP contribution in [0.2, 0.25) is 5.02 Å². The van der Waals surface area contributed by atoms with Crippen molar-refractivity contribution in [2.24, 2.45) is 0 Å². The van der Waals surface area contributed by atoms with Crippen LogP contribution in [0, 0.1) is 6.92 Å². The van der Waals surface area contributed by atoms with Gasteiger partial charge in [0.05, 0.1) is 14.2 Å². The first-order valence-corrected chi connectivity index (χ1v) is 7.51. The lowest BCUT2D eigenvalue weighted by molar-refractivity contribution is 0.214. The molecular weight excluding hydrogens is 356 g/mol. The summed E-state index contributed by atoms with van der Waals surface area (Å²) < 4.78 is 11.3. The largest absolute Gasteiger partial charge is 0.495 e. The van der Waals surface area contributed by atoms with Gasteiger partial charge >= 0.3 is 0 Å². The van der Waals surface area contributed by atoms with E-state index in [9.17, 15) is 5.11 Å². The Morgan fingerprint density at radius 2 is 1.76 bits per heavy atom. The van der Waals surface area contributed by atoms with Gasteiger partial charge in [-0.05, 0) is 46.6 Å². The molecule has 21 heavy (non-hydrogen) atoms. The van der Waals surface area contributed by atoms with Gasteiger partial charge in [-0.25, -0.2) is 0 Å². The number of benzene rings is 2. The van der Waals surface area contributed by atoms with Crippen LogP contribution in [-0.4, -0.2) is 19.3 Å². The summed E-state index contributed by atoms with van der Waals surface area (Å²) in [4.78, 5) is 0. The number of aryl methyl sites for hydroxylation is 1. The second-order valence-electron chi connectivity index (χ2n) is 4.63. The highest BCUT2D eigenvalue weighted by Crippen LogP contribution is 2.42. The number of aliphatic hydroxyl groups excluding tert-OH is 1. The van der Waals surface area contributed by atoms with E-state index in [2.05, 4.69) is 15.9 Å². The van der Waals surface area contributed by atoms with Crippen molar-refractivity contribution in [2.75, 3.05) is 14.2 Å². The highest BCUT2D eigenvalue weighted by molar-refractivity contribution is 9.10. The standard InChI is InChI=1S/C16H16BrClO3/c1-9-4-5-10(12(18)8-9)15(19)11-6-7-13(20-2)14(17)16(11)21-3/h4-8,15,19H,1-3H3. The SMILES string of the molecule is COc1ccc(C(O)c2ccc(C)cc2Cl)c(OC)c1Br. The van der Waals surface area contributed by atoms with Crippen LogP contribution in [-0.2, 0) is 0 Å². The lowest BCUT2D eigenvalue weighted by atomic mass is 9.99. The molecule has 0 fully saturated rings. The lowest BCUT2D eigenvalue weighted by Crippen LogP contribution is -2.04. The molecule has 1 atom stereocenters. The molecule has 0 aliphatic rings. The van der Waals surface area contributed by atoms with Gasteiger partial charge in [0.15, 0.2) is 0 Å². The first kappa shape index (κ1) is 16.1. The smallest absolute Gasteiger partial charge is 0.142 e. The van der Waals surface area contributed by atoms with Crippen molar-refractivity contribution >= 4 is 27.5 Å². The average Bonchev–Trinajstić information content (AvgIpc) is 2.46. The Balaban J connectivity index is 2.52. The molecule has 112 valence electrons. The summed E-state index contributed by atoms with van der Waals surface area (Å²) >= 11 is 9.66. The van der Waals surface area contributed by atoms with Crippen molar-refractivity contribution in [2.45, 2.75) is 13.0 Å². The van der Waals surface area contributed by atoms with Crippen LogP contribution in [0.15, 0.2) is 34.8 Å². The number of ether oxygens (including phenoxy) is 2. The normalized spacial score (nSPS) is 12.1. The molecule has 1 unspecified atom stereocenters. The highest BCUT2D eigenvalue weighted by Gasteiger charge is 2.21. The van der Waals surface area contributed by atoms with E-state index in [1.807, 2.05) is 25.1 Å². The lowest BCUT2D eigenvalue weighted by Gasteiger charge is -2.19. The molecule has 0 saturated carbocycles. The average molecular weight is 372 g/mol. The van der Waals surface area contributed by atoms with Gasteiger partial charge in [0.1, 0.15) is 22.1 Å². The Hall–Kier alpha value is -1.23. The monoisotopic (exact) mass is 370 g/mol. The second kappa shape index (κ2) is 6.69. The molecule has 2 aromatic carbocycles. The molecule has 0 amide bonds. The van der Waals surface area contributed by atoms with E-state index < -0.39 is 6.10 Å². The number of aliphatic hydroxyl groups is 1. The van der Waals surface area contributed by atoms with Gasteiger partial charge in [-0.3, -0.25) is 0 Å². The molecule has 0 aromatic heterocycles. The summed E-state index contributed by atoms with van der Waals surface area (Å²) in [5.74, 6) is 1.16. The van der Waals surface area contributed by atoms with Crippen LogP contribution >= 0.6 is 27.5 Å². The van der Waals surface area contributed by atoms with Crippen molar-refractivity contribution in [1.29, 1.82) is 0 Å². The van der Waals surface area contributed by atoms with Crippen molar-refractivity contribution < 1.29 is 14.6 Å². The summed E-state index contributed by atoms with van der Waals surface area (Å²) in [5.41, 5.74) is 2.30. The Labute approximate surface area is 137 Å². The van der Waals surface area contributed by atoms with Crippen molar-refractivity contribution in [3.63, 3.8) is 0 Å². The minimum absolute atomic E-state index is 0.525. The van der Waals surface area contributed by atoms with Gasteiger partial charge in [-0.15, -0.1) is 0 Å².